The van der Waals surface area contributed by atoms with Gasteiger partial charge in [0.25, 0.3) is 0 Å². The first-order valence-corrected chi connectivity index (χ1v) is 9.19. The molecular formula is C14H24OSi. The van der Waals surface area contributed by atoms with E-state index in [4.69, 9.17) is 4.43 Å². The minimum absolute atomic E-state index is 0.698. The third kappa shape index (κ3) is 4.50. The fraction of sp³-hybridized carbons (Fsp3) is 0.571. The Bertz CT molecular complexity index is 293. The predicted molar refractivity (Wildman–Crippen MR) is 73.3 cm³/mol. The highest BCUT2D eigenvalue weighted by atomic mass is 28.4. The van der Waals surface area contributed by atoms with Crippen LogP contribution in [0.4, 0.5) is 0 Å². The second-order valence-corrected chi connectivity index (χ2v) is 9.85. The van der Waals surface area contributed by atoms with Crippen LogP contribution in [0.2, 0.25) is 18.6 Å². The summed E-state index contributed by atoms with van der Waals surface area (Å²) in [6.07, 6.45) is 2.26. The fourth-order valence-electron chi connectivity index (χ4n) is 1.42. The third-order valence-electron chi connectivity index (χ3n) is 3.32. The van der Waals surface area contributed by atoms with Gasteiger partial charge < -0.3 is 4.43 Å². The van der Waals surface area contributed by atoms with Crippen molar-refractivity contribution < 1.29 is 4.43 Å². The molecule has 0 radical (unpaired) electrons. The Morgan fingerprint density at radius 1 is 1.12 bits per heavy atom. The number of rotatable bonds is 6. The minimum Gasteiger partial charge on any atom is -0.417 e. The van der Waals surface area contributed by atoms with Crippen LogP contribution in [0.3, 0.4) is 0 Å². The van der Waals surface area contributed by atoms with Crippen molar-refractivity contribution in [2.24, 2.45) is 0 Å². The Balaban J connectivity index is 2.22. The van der Waals surface area contributed by atoms with Crippen LogP contribution in [-0.2, 0) is 10.8 Å². The van der Waals surface area contributed by atoms with E-state index in [-0.39, 0.29) is 0 Å². The van der Waals surface area contributed by atoms with E-state index in [9.17, 15) is 0 Å². The summed E-state index contributed by atoms with van der Waals surface area (Å²) >= 11 is 0. The molecule has 0 aliphatic rings. The van der Waals surface area contributed by atoms with Gasteiger partial charge in [0.2, 0.25) is 0 Å². The van der Waals surface area contributed by atoms with Crippen molar-refractivity contribution in [2.75, 3.05) is 6.61 Å². The molecule has 16 heavy (non-hydrogen) atoms. The van der Waals surface area contributed by atoms with Gasteiger partial charge in [-0.05, 0) is 37.0 Å². The fourth-order valence-corrected chi connectivity index (χ4v) is 2.43. The summed E-state index contributed by atoms with van der Waals surface area (Å²) in [6, 6.07) is 10.6. The molecule has 0 aliphatic heterocycles. The van der Waals surface area contributed by atoms with Gasteiger partial charge in [-0.15, -0.1) is 0 Å². The summed E-state index contributed by atoms with van der Waals surface area (Å²) < 4.78 is 6.05. The van der Waals surface area contributed by atoms with Gasteiger partial charge in [-0.3, -0.25) is 0 Å². The molecule has 0 bridgehead atoms. The number of aryl methyl sites for hydroxylation is 1. The molecule has 2 heteroatoms. The monoisotopic (exact) mass is 236 g/mol. The molecule has 1 aromatic carbocycles. The lowest BCUT2D eigenvalue weighted by Crippen LogP contribution is -2.34. The quantitative estimate of drug-likeness (QED) is 0.530. The van der Waals surface area contributed by atoms with Crippen molar-refractivity contribution in [1.82, 2.24) is 0 Å². The van der Waals surface area contributed by atoms with Crippen LogP contribution in [0.5, 0.6) is 0 Å². The standard InChI is InChI=1S/C14H24OSi/c1-13(2)16(3,4)15-12-8-11-14-9-6-5-7-10-14/h5-7,9-10,13H,8,11-12H2,1-4H3. The van der Waals surface area contributed by atoms with Gasteiger partial charge in [-0.1, -0.05) is 44.2 Å². The van der Waals surface area contributed by atoms with Gasteiger partial charge in [0.1, 0.15) is 0 Å². The molecule has 0 aliphatic carbocycles. The van der Waals surface area contributed by atoms with E-state index < -0.39 is 8.32 Å². The molecule has 0 fully saturated rings. The molecule has 0 unspecified atom stereocenters. The van der Waals surface area contributed by atoms with Gasteiger partial charge >= 0.3 is 0 Å². The Morgan fingerprint density at radius 3 is 2.31 bits per heavy atom. The highest BCUT2D eigenvalue weighted by molar-refractivity contribution is 6.72. The second kappa shape index (κ2) is 6.21. The highest BCUT2D eigenvalue weighted by Gasteiger charge is 2.26. The van der Waals surface area contributed by atoms with Gasteiger partial charge in [0.15, 0.2) is 8.32 Å². The predicted octanol–water partition coefficient (Wildman–Crippen LogP) is 4.25. The number of benzene rings is 1. The Hall–Kier alpha value is -0.603. The minimum atomic E-state index is -1.42. The van der Waals surface area contributed by atoms with E-state index in [1.54, 1.807) is 0 Å². The van der Waals surface area contributed by atoms with E-state index in [2.05, 4.69) is 57.3 Å². The van der Waals surface area contributed by atoms with Crippen molar-refractivity contribution in [3.05, 3.63) is 35.9 Å². The summed E-state index contributed by atoms with van der Waals surface area (Å²) in [7, 11) is -1.42. The molecule has 0 heterocycles. The smallest absolute Gasteiger partial charge is 0.189 e. The van der Waals surface area contributed by atoms with E-state index in [1.807, 2.05) is 0 Å². The van der Waals surface area contributed by atoms with Crippen LogP contribution in [0, 0.1) is 0 Å². The molecule has 0 amide bonds. The Kier molecular flexibility index (Phi) is 5.23. The first kappa shape index (κ1) is 13.5. The molecule has 0 spiro atoms. The average molecular weight is 236 g/mol. The molecule has 1 rings (SSSR count). The zero-order valence-electron chi connectivity index (χ0n) is 11.0. The molecule has 0 saturated heterocycles. The second-order valence-electron chi connectivity index (χ2n) is 5.20. The van der Waals surface area contributed by atoms with E-state index in [0.29, 0.717) is 5.54 Å². The molecule has 0 aromatic heterocycles. The van der Waals surface area contributed by atoms with E-state index in [1.165, 1.54) is 5.56 Å². The molecule has 0 N–H and O–H groups in total. The lowest BCUT2D eigenvalue weighted by Gasteiger charge is -2.26. The van der Waals surface area contributed by atoms with E-state index in [0.717, 1.165) is 19.4 Å². The zero-order valence-corrected chi connectivity index (χ0v) is 12.0. The Labute approximate surface area is 101 Å². The SMILES string of the molecule is CC(C)[Si](C)(C)OCCCc1ccccc1. The summed E-state index contributed by atoms with van der Waals surface area (Å²) in [5, 5.41) is 0. The summed E-state index contributed by atoms with van der Waals surface area (Å²) in [4.78, 5) is 0. The molecule has 90 valence electrons. The first-order chi connectivity index (χ1) is 7.52. The van der Waals surface area contributed by atoms with Crippen molar-refractivity contribution in [2.45, 2.75) is 45.3 Å². The van der Waals surface area contributed by atoms with Crippen molar-refractivity contribution in [3.8, 4) is 0 Å². The van der Waals surface area contributed by atoms with Crippen LogP contribution < -0.4 is 0 Å². The average Bonchev–Trinajstić information content (AvgIpc) is 2.26. The van der Waals surface area contributed by atoms with Crippen LogP contribution >= 0.6 is 0 Å². The summed E-state index contributed by atoms with van der Waals surface area (Å²) in [5.74, 6) is 0. The third-order valence-corrected chi connectivity index (χ3v) is 7.05. The highest BCUT2D eigenvalue weighted by Crippen LogP contribution is 2.21. The lowest BCUT2D eigenvalue weighted by molar-refractivity contribution is 0.295. The van der Waals surface area contributed by atoms with Crippen LogP contribution in [0.1, 0.15) is 25.8 Å². The lowest BCUT2D eigenvalue weighted by atomic mass is 10.1. The maximum absolute atomic E-state index is 6.05. The maximum atomic E-state index is 6.05. The molecule has 0 atom stereocenters. The largest absolute Gasteiger partial charge is 0.417 e. The van der Waals surface area contributed by atoms with Crippen LogP contribution in [0.15, 0.2) is 30.3 Å². The van der Waals surface area contributed by atoms with Gasteiger partial charge in [-0.25, -0.2) is 0 Å². The van der Waals surface area contributed by atoms with Crippen molar-refractivity contribution in [1.29, 1.82) is 0 Å². The van der Waals surface area contributed by atoms with Crippen molar-refractivity contribution in [3.63, 3.8) is 0 Å². The summed E-state index contributed by atoms with van der Waals surface area (Å²) in [5.41, 5.74) is 2.11. The molecule has 1 aromatic rings. The number of hydrogen-bond acceptors (Lipinski definition) is 1. The van der Waals surface area contributed by atoms with Gasteiger partial charge in [0.05, 0.1) is 0 Å². The molecular weight excluding hydrogens is 212 g/mol. The van der Waals surface area contributed by atoms with Gasteiger partial charge in [-0.2, -0.15) is 0 Å². The normalized spacial score (nSPS) is 12.1. The Morgan fingerprint density at radius 2 is 1.75 bits per heavy atom. The maximum Gasteiger partial charge on any atom is 0.189 e. The van der Waals surface area contributed by atoms with Gasteiger partial charge in [0, 0.05) is 6.61 Å². The molecule has 0 saturated carbocycles. The topological polar surface area (TPSA) is 9.23 Å². The van der Waals surface area contributed by atoms with E-state index >= 15 is 0 Å². The summed E-state index contributed by atoms with van der Waals surface area (Å²) in [6.45, 7) is 10.1. The first-order valence-electron chi connectivity index (χ1n) is 6.20. The van der Waals surface area contributed by atoms with Crippen LogP contribution in [0.25, 0.3) is 0 Å². The number of hydrogen-bond donors (Lipinski definition) is 0. The van der Waals surface area contributed by atoms with Crippen molar-refractivity contribution >= 4 is 8.32 Å². The zero-order chi connectivity index (χ0) is 12.0. The van der Waals surface area contributed by atoms with Crippen LogP contribution in [-0.4, -0.2) is 14.9 Å². The molecule has 1 nitrogen and oxygen atoms in total.